The zero-order valence-electron chi connectivity index (χ0n) is 8.85. The molecule has 0 unspecified atom stereocenters. The fraction of sp³-hybridized carbons (Fsp3) is 0. The van der Waals surface area contributed by atoms with Crippen LogP contribution in [-0.2, 0) is 0 Å². The van der Waals surface area contributed by atoms with Crippen molar-refractivity contribution in [2.45, 2.75) is 0 Å². The van der Waals surface area contributed by atoms with Crippen molar-refractivity contribution in [3.05, 3.63) is 48.3 Å². The van der Waals surface area contributed by atoms with Gasteiger partial charge in [-0.1, -0.05) is 12.1 Å². The van der Waals surface area contributed by atoms with Gasteiger partial charge in [-0.2, -0.15) is 0 Å². The third-order valence-corrected chi connectivity index (χ3v) is 2.51. The highest BCUT2D eigenvalue weighted by molar-refractivity contribution is 5.76. The molecule has 1 aromatic heterocycles. The van der Waals surface area contributed by atoms with Gasteiger partial charge in [-0.25, -0.2) is 9.37 Å². The molecule has 3 aromatic rings. The normalized spacial score (nSPS) is 10.9. The number of halogens is 1. The second kappa shape index (κ2) is 3.59. The Balaban J connectivity index is 2.23. The molecule has 0 saturated heterocycles. The largest absolute Gasteiger partial charge is 0.436 e. The van der Waals surface area contributed by atoms with Crippen molar-refractivity contribution in [3.63, 3.8) is 0 Å². The Morgan fingerprint density at radius 2 is 1.94 bits per heavy atom. The van der Waals surface area contributed by atoms with E-state index in [0.717, 1.165) is 0 Å². The van der Waals surface area contributed by atoms with Gasteiger partial charge in [0.15, 0.2) is 5.58 Å². The number of para-hydroxylation sites is 2. The molecule has 1 heterocycles. The van der Waals surface area contributed by atoms with E-state index in [2.05, 4.69) is 4.98 Å². The summed E-state index contributed by atoms with van der Waals surface area (Å²) in [4.78, 5) is 4.22. The van der Waals surface area contributed by atoms with E-state index in [1.165, 1.54) is 18.2 Å². The Labute approximate surface area is 96.7 Å². The molecule has 0 radical (unpaired) electrons. The van der Waals surface area contributed by atoms with Crippen LogP contribution >= 0.6 is 0 Å². The van der Waals surface area contributed by atoms with E-state index < -0.39 is 5.82 Å². The second-order valence-electron chi connectivity index (χ2n) is 3.73. The van der Waals surface area contributed by atoms with E-state index in [0.29, 0.717) is 16.8 Å². The van der Waals surface area contributed by atoms with Crippen LogP contribution < -0.4 is 5.73 Å². The summed E-state index contributed by atoms with van der Waals surface area (Å²) in [7, 11) is 0. The summed E-state index contributed by atoms with van der Waals surface area (Å²) in [5.41, 5.74) is 7.70. The minimum atomic E-state index is -0.397. The van der Waals surface area contributed by atoms with Gasteiger partial charge in [-0.3, -0.25) is 0 Å². The van der Waals surface area contributed by atoms with E-state index >= 15 is 0 Å². The number of rotatable bonds is 1. The number of hydrogen-bond acceptors (Lipinski definition) is 3. The summed E-state index contributed by atoms with van der Waals surface area (Å²) in [6.45, 7) is 0. The van der Waals surface area contributed by atoms with Gasteiger partial charge >= 0.3 is 0 Å². The van der Waals surface area contributed by atoms with Crippen LogP contribution in [0.4, 0.5) is 10.1 Å². The Bertz CT molecular complexity index is 658. The van der Waals surface area contributed by atoms with Crippen LogP contribution in [0.2, 0.25) is 0 Å². The number of aromatic nitrogens is 1. The zero-order valence-corrected chi connectivity index (χ0v) is 8.85. The molecule has 4 heteroatoms. The maximum absolute atomic E-state index is 13.6. The second-order valence-corrected chi connectivity index (χ2v) is 3.73. The molecule has 0 fully saturated rings. The summed E-state index contributed by atoms with van der Waals surface area (Å²) in [6, 6.07) is 11.6. The number of oxazole rings is 1. The molecule has 0 saturated carbocycles. The standard InChI is InChI=1S/C13H9FN2O/c14-10-6-5-8(15)7-9(10)13-16-11-3-1-2-4-12(11)17-13/h1-7H,15H2. The van der Waals surface area contributed by atoms with Crippen LogP contribution in [0.1, 0.15) is 0 Å². The average molecular weight is 228 g/mol. The lowest BCUT2D eigenvalue weighted by Gasteiger charge is -1.99. The maximum atomic E-state index is 13.6. The fourth-order valence-electron chi connectivity index (χ4n) is 1.69. The van der Waals surface area contributed by atoms with E-state index in [1.807, 2.05) is 18.2 Å². The first-order chi connectivity index (χ1) is 8.24. The predicted molar refractivity (Wildman–Crippen MR) is 63.8 cm³/mol. The Morgan fingerprint density at radius 3 is 2.76 bits per heavy atom. The highest BCUT2D eigenvalue weighted by Crippen LogP contribution is 2.27. The van der Waals surface area contributed by atoms with Gasteiger partial charge in [0.1, 0.15) is 11.3 Å². The van der Waals surface area contributed by atoms with Crippen LogP contribution in [0, 0.1) is 5.82 Å². The number of nitrogens with two attached hydrogens (primary N) is 1. The van der Waals surface area contributed by atoms with Gasteiger partial charge in [0.05, 0.1) is 5.56 Å². The van der Waals surface area contributed by atoms with Gasteiger partial charge in [0, 0.05) is 5.69 Å². The molecular weight excluding hydrogens is 219 g/mol. The topological polar surface area (TPSA) is 52.0 Å². The highest BCUT2D eigenvalue weighted by Gasteiger charge is 2.12. The zero-order chi connectivity index (χ0) is 11.8. The summed E-state index contributed by atoms with van der Waals surface area (Å²) in [5.74, 6) is -0.151. The molecule has 0 aliphatic rings. The van der Waals surface area contributed by atoms with Gasteiger partial charge < -0.3 is 10.2 Å². The molecule has 0 bridgehead atoms. The summed E-state index contributed by atoms with van der Waals surface area (Å²) in [5, 5.41) is 0. The smallest absolute Gasteiger partial charge is 0.230 e. The van der Waals surface area contributed by atoms with Crippen molar-refractivity contribution >= 4 is 16.8 Å². The third-order valence-electron chi connectivity index (χ3n) is 2.51. The van der Waals surface area contributed by atoms with Crippen molar-refractivity contribution in [2.75, 3.05) is 5.73 Å². The number of anilines is 1. The first-order valence-electron chi connectivity index (χ1n) is 5.15. The lowest BCUT2D eigenvalue weighted by atomic mass is 10.2. The van der Waals surface area contributed by atoms with E-state index in [-0.39, 0.29) is 11.5 Å². The molecule has 3 rings (SSSR count). The Morgan fingerprint density at radius 1 is 1.12 bits per heavy atom. The van der Waals surface area contributed by atoms with Gasteiger partial charge in [0.25, 0.3) is 0 Å². The molecule has 0 spiro atoms. The lowest BCUT2D eigenvalue weighted by Crippen LogP contribution is -1.89. The lowest BCUT2D eigenvalue weighted by molar-refractivity contribution is 0.594. The van der Waals surface area contributed by atoms with Gasteiger partial charge in [0.2, 0.25) is 5.89 Å². The van der Waals surface area contributed by atoms with Gasteiger partial charge in [-0.05, 0) is 30.3 Å². The summed E-state index contributed by atoms with van der Waals surface area (Å²) >= 11 is 0. The molecule has 0 amide bonds. The highest BCUT2D eigenvalue weighted by atomic mass is 19.1. The fourth-order valence-corrected chi connectivity index (χ4v) is 1.69. The van der Waals surface area contributed by atoms with E-state index in [4.69, 9.17) is 10.2 Å². The number of fused-ring (bicyclic) bond motifs is 1. The predicted octanol–water partition coefficient (Wildman–Crippen LogP) is 3.22. The molecule has 17 heavy (non-hydrogen) atoms. The Kier molecular flexibility index (Phi) is 2.08. The van der Waals surface area contributed by atoms with Crippen LogP contribution in [0.3, 0.4) is 0 Å². The average Bonchev–Trinajstić information content (AvgIpc) is 2.75. The SMILES string of the molecule is Nc1ccc(F)c(-c2nc3ccccc3o2)c1. The quantitative estimate of drug-likeness (QED) is 0.650. The first kappa shape index (κ1) is 9.84. The Hall–Kier alpha value is -2.36. The maximum Gasteiger partial charge on any atom is 0.230 e. The molecule has 3 nitrogen and oxygen atoms in total. The summed E-state index contributed by atoms with van der Waals surface area (Å²) in [6.07, 6.45) is 0. The molecule has 2 N–H and O–H groups in total. The van der Waals surface area contributed by atoms with Gasteiger partial charge in [-0.15, -0.1) is 0 Å². The van der Waals surface area contributed by atoms with Crippen molar-refractivity contribution in [1.82, 2.24) is 4.98 Å². The van der Waals surface area contributed by atoms with Crippen molar-refractivity contribution in [2.24, 2.45) is 0 Å². The van der Waals surface area contributed by atoms with Crippen LogP contribution in [0.15, 0.2) is 46.9 Å². The molecule has 0 aliphatic heterocycles. The van der Waals surface area contributed by atoms with Crippen LogP contribution in [0.5, 0.6) is 0 Å². The first-order valence-corrected chi connectivity index (χ1v) is 5.15. The third kappa shape index (κ3) is 1.63. The number of benzene rings is 2. The van der Waals surface area contributed by atoms with Crippen LogP contribution in [-0.4, -0.2) is 4.98 Å². The number of nitrogen functional groups attached to an aromatic ring is 1. The van der Waals surface area contributed by atoms with Crippen molar-refractivity contribution in [3.8, 4) is 11.5 Å². The van der Waals surface area contributed by atoms with Crippen molar-refractivity contribution < 1.29 is 8.81 Å². The molecule has 0 aliphatic carbocycles. The molecule has 84 valence electrons. The number of nitrogens with zero attached hydrogens (tertiary/aromatic N) is 1. The molecular formula is C13H9FN2O. The number of hydrogen-bond donors (Lipinski definition) is 1. The minimum Gasteiger partial charge on any atom is -0.436 e. The minimum absolute atomic E-state index is 0.246. The van der Waals surface area contributed by atoms with E-state index in [1.54, 1.807) is 6.07 Å². The van der Waals surface area contributed by atoms with Crippen molar-refractivity contribution in [1.29, 1.82) is 0 Å². The van der Waals surface area contributed by atoms with Crippen LogP contribution in [0.25, 0.3) is 22.6 Å². The monoisotopic (exact) mass is 228 g/mol. The molecule has 2 aromatic carbocycles. The summed E-state index contributed by atoms with van der Waals surface area (Å²) < 4.78 is 19.1. The van der Waals surface area contributed by atoms with E-state index in [9.17, 15) is 4.39 Å². The molecule has 0 atom stereocenters.